The van der Waals surface area contributed by atoms with Crippen LogP contribution in [-0.4, -0.2) is 112 Å². The van der Waals surface area contributed by atoms with Crippen LogP contribution >= 0.6 is 11.6 Å². The highest BCUT2D eigenvalue weighted by Gasteiger charge is 2.33. The first-order valence-corrected chi connectivity index (χ1v) is 24.4. The minimum Gasteiger partial charge on any atom is -0.473 e. The molecule has 3 aliphatic heterocycles. The van der Waals surface area contributed by atoms with E-state index in [0.717, 1.165) is 74.1 Å². The maximum absolute atomic E-state index is 14.4. The second kappa shape index (κ2) is 18.9. The summed E-state index contributed by atoms with van der Waals surface area (Å²) in [6.07, 6.45) is 5.05. The summed E-state index contributed by atoms with van der Waals surface area (Å²) >= 11 is 6.27. The maximum atomic E-state index is 14.4. The zero-order chi connectivity index (χ0) is 46.2. The first-order valence-electron chi connectivity index (χ1n) is 22.5. The number of aromatic amines is 1. The van der Waals surface area contributed by atoms with Crippen LogP contribution < -0.4 is 24.6 Å². The Morgan fingerprint density at radius 1 is 1.00 bits per heavy atom. The van der Waals surface area contributed by atoms with Gasteiger partial charge >= 0.3 is 0 Å². The van der Waals surface area contributed by atoms with Crippen LogP contribution in [0.4, 0.5) is 28.4 Å². The summed E-state index contributed by atoms with van der Waals surface area (Å²) in [6.45, 7) is 12.5. The van der Waals surface area contributed by atoms with Gasteiger partial charge in [0.05, 0.1) is 53.1 Å². The number of nitrogens with one attached hydrogen (secondary N) is 3. The van der Waals surface area contributed by atoms with E-state index in [1.54, 1.807) is 12.3 Å². The van der Waals surface area contributed by atoms with Crippen molar-refractivity contribution < 1.29 is 32.3 Å². The zero-order valence-corrected chi connectivity index (χ0v) is 38.9. The molecule has 9 rings (SSSR count). The Kier molecular flexibility index (Phi) is 13.0. The van der Waals surface area contributed by atoms with Crippen molar-refractivity contribution in [3.63, 3.8) is 0 Å². The maximum Gasteiger partial charge on any atom is 0.293 e. The van der Waals surface area contributed by atoms with E-state index >= 15 is 0 Å². The second-order valence-corrected chi connectivity index (χ2v) is 20.4. The van der Waals surface area contributed by atoms with Gasteiger partial charge in [0.15, 0.2) is 0 Å². The van der Waals surface area contributed by atoms with E-state index in [4.69, 9.17) is 30.8 Å². The number of nitro benzene ring substituents is 1. The molecule has 5 aromatic rings. The predicted molar refractivity (Wildman–Crippen MR) is 256 cm³/mol. The molecule has 348 valence electrons. The molecule has 2 saturated heterocycles. The lowest BCUT2D eigenvalue weighted by atomic mass is 9.72. The van der Waals surface area contributed by atoms with E-state index in [9.17, 15) is 23.3 Å². The number of anilines is 4. The topological polar surface area (TPSA) is 185 Å². The smallest absolute Gasteiger partial charge is 0.293 e. The van der Waals surface area contributed by atoms with Gasteiger partial charge in [-0.1, -0.05) is 43.2 Å². The quantitative estimate of drug-likeness (QED) is 0.0805. The number of pyridine rings is 1. The molecule has 0 bridgehead atoms. The number of nitrogens with zero attached hydrogens (tertiary/aromatic N) is 5. The zero-order valence-electron chi connectivity index (χ0n) is 37.3. The molecule has 0 saturated carbocycles. The van der Waals surface area contributed by atoms with Gasteiger partial charge in [0.2, 0.25) is 5.88 Å². The number of sulfonamides is 1. The number of halogens is 1. The number of H-pyrrole nitrogens is 1. The summed E-state index contributed by atoms with van der Waals surface area (Å²) in [4.78, 5) is 40.2. The molecular formula is C48H55ClN8O8S. The van der Waals surface area contributed by atoms with Crippen LogP contribution in [0.5, 0.6) is 5.88 Å². The molecule has 1 aliphatic carbocycles. The number of amides is 1. The van der Waals surface area contributed by atoms with Crippen molar-refractivity contribution in [1.29, 1.82) is 0 Å². The third kappa shape index (κ3) is 10.0. The lowest BCUT2D eigenvalue weighted by Crippen LogP contribution is -2.47. The van der Waals surface area contributed by atoms with Crippen molar-refractivity contribution in [2.45, 2.75) is 63.6 Å². The standard InChI is InChI=1S/C48H55ClN8O8S/c1-31-14-17-56(44-24-33-13-16-50-45(33)52-47(44)65-31)42-25-36(55-20-18-54(19-21-55)29-34-12-15-48(2,3)27-40(34)32-4-6-35(49)7-5-32)8-10-39(42)46(58)53-66(61,62)38-9-11-41(43(26-38)57(59)60)51-28-37-30-63-22-23-64-37/h4-11,13,16,24-26,31,37,51H,12,14-15,17-23,27-30H2,1-3H3,(H,50,52)(H,53,58)/t31-,37+/m0/s1. The van der Waals surface area contributed by atoms with Crippen LogP contribution in [0, 0.1) is 15.5 Å². The first-order chi connectivity index (χ1) is 31.7. The summed E-state index contributed by atoms with van der Waals surface area (Å²) in [5.74, 6) is -0.508. The van der Waals surface area contributed by atoms with Crippen LogP contribution in [-0.2, 0) is 19.5 Å². The largest absolute Gasteiger partial charge is 0.473 e. The predicted octanol–water partition coefficient (Wildman–Crippen LogP) is 8.17. The normalized spacial score (nSPS) is 20.4. The fourth-order valence-electron chi connectivity index (χ4n) is 9.29. The van der Waals surface area contributed by atoms with Crippen LogP contribution in [0.1, 0.15) is 62.4 Å². The average molecular weight is 940 g/mol. The number of allylic oxidation sites excluding steroid dienone is 1. The third-order valence-corrected chi connectivity index (χ3v) is 14.6. The third-order valence-electron chi connectivity index (χ3n) is 13.0. The van der Waals surface area contributed by atoms with Crippen molar-refractivity contribution in [2.24, 2.45) is 5.41 Å². The molecule has 3 N–H and O–H groups in total. The molecule has 2 aromatic heterocycles. The Hall–Kier alpha value is -5.72. The Morgan fingerprint density at radius 2 is 1.80 bits per heavy atom. The van der Waals surface area contributed by atoms with Gasteiger partial charge in [-0.3, -0.25) is 19.8 Å². The van der Waals surface area contributed by atoms with Crippen LogP contribution in [0.25, 0.3) is 16.6 Å². The number of benzene rings is 3. The lowest BCUT2D eigenvalue weighted by Gasteiger charge is -2.39. The van der Waals surface area contributed by atoms with Crippen molar-refractivity contribution in [3.8, 4) is 5.88 Å². The van der Waals surface area contributed by atoms with Gasteiger partial charge in [-0.05, 0) is 97.3 Å². The number of ether oxygens (including phenoxy) is 3. The molecule has 66 heavy (non-hydrogen) atoms. The van der Waals surface area contributed by atoms with Gasteiger partial charge in [0.25, 0.3) is 21.6 Å². The number of fused-ring (bicyclic) bond motifs is 2. The average Bonchev–Trinajstić information content (AvgIpc) is 3.70. The number of aromatic nitrogens is 2. The molecule has 0 unspecified atom stereocenters. The molecule has 3 aromatic carbocycles. The molecule has 2 fully saturated rings. The van der Waals surface area contributed by atoms with Crippen LogP contribution in [0.2, 0.25) is 5.02 Å². The monoisotopic (exact) mass is 938 g/mol. The van der Waals surface area contributed by atoms with Gasteiger partial charge in [-0.15, -0.1) is 0 Å². The number of carbonyl (C=O) groups is 1. The molecule has 2 atom stereocenters. The highest BCUT2D eigenvalue weighted by molar-refractivity contribution is 7.90. The lowest BCUT2D eigenvalue weighted by molar-refractivity contribution is -0.384. The SMILES string of the molecule is C[C@H]1CCN(c2cc(N3CCN(CC4=C(c5ccc(Cl)cc5)CC(C)(C)CC4)CC3)ccc2C(=O)NS(=O)(=O)c2ccc(NC[C@@H]3COCCO3)c([N+](=O)[O-])c2)c2cc3cc[nH]c3nc2O1. The summed E-state index contributed by atoms with van der Waals surface area (Å²) in [6, 6.07) is 21.0. The highest BCUT2D eigenvalue weighted by atomic mass is 35.5. The Morgan fingerprint density at radius 3 is 2.56 bits per heavy atom. The van der Waals surface area contributed by atoms with Crippen LogP contribution in [0.3, 0.4) is 0 Å². The summed E-state index contributed by atoms with van der Waals surface area (Å²) < 4.78 is 47.5. The molecule has 5 heterocycles. The van der Waals surface area contributed by atoms with E-state index in [0.29, 0.717) is 55.7 Å². The van der Waals surface area contributed by atoms with Crippen molar-refractivity contribution in [2.75, 3.05) is 80.8 Å². The minimum absolute atomic E-state index is 0.0972. The molecule has 1 amide bonds. The minimum atomic E-state index is -4.60. The Labute approximate surface area is 389 Å². The van der Waals surface area contributed by atoms with E-state index in [2.05, 4.69) is 50.8 Å². The fraction of sp³-hybridized carbons (Fsp3) is 0.417. The molecule has 18 heteroatoms. The summed E-state index contributed by atoms with van der Waals surface area (Å²) in [5.41, 5.74) is 6.71. The van der Waals surface area contributed by atoms with Gasteiger partial charge in [0.1, 0.15) is 17.0 Å². The number of hydrogen-bond acceptors (Lipinski definition) is 13. The van der Waals surface area contributed by atoms with Crippen LogP contribution in [0.15, 0.2) is 89.5 Å². The van der Waals surface area contributed by atoms with Gasteiger partial charge in [0, 0.05) is 80.6 Å². The van der Waals surface area contributed by atoms with E-state index in [1.165, 1.54) is 28.8 Å². The Balaban J connectivity index is 0.996. The number of nitro groups is 1. The van der Waals surface area contributed by atoms with Crippen molar-refractivity contribution in [1.82, 2.24) is 19.6 Å². The molecular weight excluding hydrogens is 884 g/mol. The number of piperazine rings is 1. The van der Waals surface area contributed by atoms with E-state index < -0.39 is 31.4 Å². The van der Waals surface area contributed by atoms with E-state index in [-0.39, 0.29) is 35.4 Å². The highest BCUT2D eigenvalue weighted by Crippen LogP contribution is 2.44. The summed E-state index contributed by atoms with van der Waals surface area (Å²) in [7, 11) is -4.60. The summed E-state index contributed by atoms with van der Waals surface area (Å²) in [5, 5.41) is 16.7. The fourth-order valence-corrected chi connectivity index (χ4v) is 10.4. The number of rotatable bonds is 12. The van der Waals surface area contributed by atoms with Gasteiger partial charge in [-0.25, -0.2) is 13.1 Å². The van der Waals surface area contributed by atoms with Crippen molar-refractivity contribution in [3.05, 3.63) is 111 Å². The molecule has 0 spiro atoms. The van der Waals surface area contributed by atoms with Crippen molar-refractivity contribution >= 4 is 72.6 Å². The van der Waals surface area contributed by atoms with Gasteiger partial charge < -0.3 is 34.3 Å². The number of hydrogen-bond donors (Lipinski definition) is 3. The second-order valence-electron chi connectivity index (χ2n) is 18.3. The molecule has 0 radical (unpaired) electrons. The first kappa shape index (κ1) is 45.4. The van der Waals surface area contributed by atoms with E-state index in [1.807, 2.05) is 48.2 Å². The molecule has 4 aliphatic rings. The van der Waals surface area contributed by atoms with Gasteiger partial charge in [-0.2, -0.15) is 4.98 Å². The Bertz CT molecular complexity index is 2770. The number of carbonyl (C=O) groups excluding carboxylic acids is 1. The molecule has 16 nitrogen and oxygen atoms in total.